The number of aryl methyl sites for hydroxylation is 3. The van der Waals surface area contributed by atoms with Gasteiger partial charge in [-0.15, -0.1) is 0 Å². The molecule has 0 unspecified atom stereocenters. The van der Waals surface area contributed by atoms with Gasteiger partial charge in [0.2, 0.25) is 5.91 Å². The van der Waals surface area contributed by atoms with Gasteiger partial charge in [0, 0.05) is 49.4 Å². The molecule has 7 heteroatoms. The Hall–Kier alpha value is -3.48. The average molecular weight is 431 g/mol. The van der Waals surface area contributed by atoms with Crippen molar-refractivity contribution in [2.24, 2.45) is 7.05 Å². The molecule has 0 aliphatic carbocycles. The maximum absolute atomic E-state index is 12.7. The zero-order valence-electron chi connectivity index (χ0n) is 19.2. The molecule has 0 radical (unpaired) electrons. The van der Waals surface area contributed by atoms with E-state index in [1.54, 1.807) is 6.08 Å². The first kappa shape index (κ1) is 21.7. The molecule has 0 saturated carbocycles. The number of likely N-dealkylation sites (tertiary alicyclic amines) is 1. The SMILES string of the molecule is Cc1cccc(Nc2cc(C3CCN(C(=O)C=Cc4c(C)nn(C)c4C)CC3)ccn2)n1. The van der Waals surface area contributed by atoms with E-state index in [1.807, 2.05) is 67.9 Å². The first-order valence-corrected chi connectivity index (χ1v) is 11.0. The molecule has 1 amide bonds. The van der Waals surface area contributed by atoms with Crippen molar-refractivity contribution in [2.45, 2.75) is 39.5 Å². The molecule has 3 aromatic heterocycles. The monoisotopic (exact) mass is 430 g/mol. The first-order chi connectivity index (χ1) is 15.4. The fourth-order valence-electron chi connectivity index (χ4n) is 4.24. The fraction of sp³-hybridized carbons (Fsp3) is 0.360. The Balaban J connectivity index is 1.36. The molecule has 1 aliphatic heterocycles. The number of pyridine rings is 2. The summed E-state index contributed by atoms with van der Waals surface area (Å²) < 4.78 is 1.85. The van der Waals surface area contributed by atoms with Crippen molar-refractivity contribution < 1.29 is 4.79 Å². The van der Waals surface area contributed by atoms with Gasteiger partial charge in [-0.05, 0) is 75.4 Å². The van der Waals surface area contributed by atoms with E-state index < -0.39 is 0 Å². The molecule has 1 aliphatic rings. The quantitative estimate of drug-likeness (QED) is 0.611. The third-order valence-corrected chi connectivity index (χ3v) is 6.16. The van der Waals surface area contributed by atoms with Gasteiger partial charge in [-0.25, -0.2) is 9.97 Å². The highest BCUT2D eigenvalue weighted by molar-refractivity contribution is 5.92. The van der Waals surface area contributed by atoms with Crippen molar-refractivity contribution >= 4 is 23.6 Å². The molecule has 166 valence electrons. The smallest absolute Gasteiger partial charge is 0.246 e. The fourth-order valence-corrected chi connectivity index (χ4v) is 4.24. The lowest BCUT2D eigenvalue weighted by Gasteiger charge is -2.31. The van der Waals surface area contributed by atoms with Crippen LogP contribution in [0.15, 0.2) is 42.6 Å². The minimum Gasteiger partial charge on any atom is -0.339 e. The molecule has 0 bridgehead atoms. The number of hydrogen-bond acceptors (Lipinski definition) is 5. The van der Waals surface area contributed by atoms with E-state index in [0.717, 1.165) is 60.2 Å². The first-order valence-electron chi connectivity index (χ1n) is 11.0. The molecule has 1 N–H and O–H groups in total. The number of nitrogens with zero attached hydrogens (tertiary/aromatic N) is 5. The highest BCUT2D eigenvalue weighted by Gasteiger charge is 2.23. The highest BCUT2D eigenvalue weighted by Crippen LogP contribution is 2.29. The second-order valence-electron chi connectivity index (χ2n) is 8.40. The molecule has 32 heavy (non-hydrogen) atoms. The summed E-state index contributed by atoms with van der Waals surface area (Å²) in [6, 6.07) is 10.1. The van der Waals surface area contributed by atoms with Crippen LogP contribution >= 0.6 is 0 Å². The zero-order chi connectivity index (χ0) is 22.7. The summed E-state index contributed by atoms with van der Waals surface area (Å²) in [7, 11) is 1.92. The van der Waals surface area contributed by atoms with Gasteiger partial charge in [0.05, 0.1) is 5.69 Å². The van der Waals surface area contributed by atoms with Gasteiger partial charge >= 0.3 is 0 Å². The summed E-state index contributed by atoms with van der Waals surface area (Å²) in [5.41, 5.74) is 5.24. The summed E-state index contributed by atoms with van der Waals surface area (Å²) in [5, 5.41) is 7.70. The van der Waals surface area contributed by atoms with E-state index in [0.29, 0.717) is 5.92 Å². The van der Waals surface area contributed by atoms with Crippen LogP contribution in [0.3, 0.4) is 0 Å². The Morgan fingerprint density at radius 2 is 1.91 bits per heavy atom. The van der Waals surface area contributed by atoms with Crippen molar-refractivity contribution in [1.82, 2.24) is 24.6 Å². The van der Waals surface area contributed by atoms with Gasteiger partial charge in [-0.3, -0.25) is 9.48 Å². The largest absolute Gasteiger partial charge is 0.339 e. The van der Waals surface area contributed by atoms with Crippen LogP contribution in [0.1, 0.15) is 47.0 Å². The van der Waals surface area contributed by atoms with Gasteiger partial charge in [-0.2, -0.15) is 5.10 Å². The molecule has 7 nitrogen and oxygen atoms in total. The van der Waals surface area contributed by atoms with Crippen LogP contribution in [0, 0.1) is 20.8 Å². The van der Waals surface area contributed by atoms with Crippen LogP contribution in [0.4, 0.5) is 11.6 Å². The van der Waals surface area contributed by atoms with Crippen molar-refractivity contribution in [3.8, 4) is 0 Å². The van der Waals surface area contributed by atoms with Crippen molar-refractivity contribution in [1.29, 1.82) is 0 Å². The summed E-state index contributed by atoms with van der Waals surface area (Å²) >= 11 is 0. The molecule has 1 fully saturated rings. The Labute approximate surface area is 189 Å². The van der Waals surface area contributed by atoms with Gasteiger partial charge in [0.15, 0.2) is 0 Å². The highest BCUT2D eigenvalue weighted by atomic mass is 16.2. The van der Waals surface area contributed by atoms with Gasteiger partial charge < -0.3 is 10.2 Å². The molecule has 4 rings (SSSR count). The van der Waals surface area contributed by atoms with Crippen LogP contribution in [-0.4, -0.2) is 43.6 Å². The Morgan fingerprint density at radius 1 is 1.12 bits per heavy atom. The molecule has 0 atom stereocenters. The molecule has 0 spiro atoms. The lowest BCUT2D eigenvalue weighted by atomic mass is 9.90. The van der Waals surface area contributed by atoms with Crippen LogP contribution in [0.25, 0.3) is 6.08 Å². The number of aromatic nitrogens is 4. The Bertz CT molecular complexity index is 1140. The molecule has 0 aromatic carbocycles. The molecule has 4 heterocycles. The maximum atomic E-state index is 12.7. The van der Waals surface area contributed by atoms with Gasteiger partial charge in [-0.1, -0.05) is 6.07 Å². The topological polar surface area (TPSA) is 75.9 Å². The number of rotatable bonds is 5. The van der Waals surface area contributed by atoms with E-state index in [4.69, 9.17) is 0 Å². The predicted molar refractivity (Wildman–Crippen MR) is 127 cm³/mol. The van der Waals surface area contributed by atoms with Gasteiger partial charge in [0.25, 0.3) is 0 Å². The van der Waals surface area contributed by atoms with Crippen molar-refractivity contribution in [2.75, 3.05) is 18.4 Å². The minimum atomic E-state index is 0.0636. The van der Waals surface area contributed by atoms with Crippen LogP contribution in [0.2, 0.25) is 0 Å². The Kier molecular flexibility index (Phi) is 6.35. The standard InChI is InChI=1S/C25H30N6O/c1-17-6-5-7-23(27-17)28-24-16-21(10-13-26-24)20-11-14-31(15-12-20)25(32)9-8-22-18(2)29-30(4)19(22)3/h5-10,13,16,20H,11-12,14-15H2,1-4H3,(H,26,27,28). The summed E-state index contributed by atoms with van der Waals surface area (Å²) in [6.07, 6.45) is 7.30. The van der Waals surface area contributed by atoms with Crippen molar-refractivity contribution in [3.05, 3.63) is 70.8 Å². The third-order valence-electron chi connectivity index (χ3n) is 6.16. The number of amides is 1. The summed E-state index contributed by atoms with van der Waals surface area (Å²) in [6.45, 7) is 7.46. The van der Waals surface area contributed by atoms with E-state index in [2.05, 4.69) is 32.5 Å². The van der Waals surface area contributed by atoms with Crippen LogP contribution in [0.5, 0.6) is 0 Å². The summed E-state index contributed by atoms with van der Waals surface area (Å²) in [4.78, 5) is 23.6. The van der Waals surface area contributed by atoms with E-state index in [1.165, 1.54) is 5.56 Å². The number of hydrogen-bond donors (Lipinski definition) is 1. The Morgan fingerprint density at radius 3 is 2.59 bits per heavy atom. The molecule has 3 aromatic rings. The minimum absolute atomic E-state index is 0.0636. The van der Waals surface area contributed by atoms with E-state index in [-0.39, 0.29) is 5.91 Å². The lowest BCUT2D eigenvalue weighted by molar-refractivity contribution is -0.126. The molecule has 1 saturated heterocycles. The normalized spacial score (nSPS) is 14.8. The second kappa shape index (κ2) is 9.34. The number of nitrogens with one attached hydrogen (secondary N) is 1. The van der Waals surface area contributed by atoms with Crippen LogP contribution < -0.4 is 5.32 Å². The van der Waals surface area contributed by atoms with E-state index in [9.17, 15) is 4.79 Å². The van der Waals surface area contributed by atoms with Crippen molar-refractivity contribution in [3.63, 3.8) is 0 Å². The van der Waals surface area contributed by atoms with Crippen LogP contribution in [-0.2, 0) is 11.8 Å². The zero-order valence-corrected chi connectivity index (χ0v) is 19.2. The molecular formula is C25H30N6O. The number of anilines is 2. The second-order valence-corrected chi connectivity index (χ2v) is 8.40. The summed E-state index contributed by atoms with van der Waals surface area (Å²) in [5.74, 6) is 2.07. The van der Waals surface area contributed by atoms with E-state index >= 15 is 0 Å². The third kappa shape index (κ3) is 4.88. The lowest BCUT2D eigenvalue weighted by Crippen LogP contribution is -2.36. The molecular weight excluding hydrogens is 400 g/mol. The predicted octanol–water partition coefficient (Wildman–Crippen LogP) is 4.30. The number of carbonyl (C=O) groups excluding carboxylic acids is 1. The van der Waals surface area contributed by atoms with Gasteiger partial charge in [0.1, 0.15) is 11.6 Å². The number of piperidine rings is 1. The maximum Gasteiger partial charge on any atom is 0.246 e. The average Bonchev–Trinajstić information content (AvgIpc) is 3.03. The number of carbonyl (C=O) groups is 1.